The van der Waals surface area contributed by atoms with Crippen LogP contribution in [0.3, 0.4) is 0 Å². The van der Waals surface area contributed by atoms with Gasteiger partial charge in [0, 0.05) is 50.3 Å². The molecule has 11 rings (SSSR count). The molecule has 11 aromatic rings. The van der Waals surface area contributed by atoms with Crippen LogP contribution < -0.4 is 0 Å². The molecule has 0 aliphatic heterocycles. The number of benzene rings is 8. The quantitative estimate of drug-likeness (QED) is 0.168. The normalized spacial score (nSPS) is 11.6. The zero-order valence-electron chi connectivity index (χ0n) is 29.8. The van der Waals surface area contributed by atoms with E-state index in [0.29, 0.717) is 5.82 Å². The maximum absolute atomic E-state index is 5.23. The van der Waals surface area contributed by atoms with Gasteiger partial charge >= 0.3 is 0 Å². The Balaban J connectivity index is 1.14. The van der Waals surface area contributed by atoms with Gasteiger partial charge in [-0.15, -0.1) is 0 Å². The fourth-order valence-corrected chi connectivity index (χ4v) is 8.30. The number of aromatic nitrogens is 4. The van der Waals surface area contributed by atoms with Gasteiger partial charge in [0.25, 0.3) is 0 Å². The van der Waals surface area contributed by atoms with Crippen molar-refractivity contribution in [3.63, 3.8) is 0 Å². The van der Waals surface area contributed by atoms with Crippen molar-refractivity contribution in [2.45, 2.75) is 0 Å². The summed E-state index contributed by atoms with van der Waals surface area (Å²) in [7, 11) is 0. The molecule has 0 fully saturated rings. The lowest BCUT2D eigenvalue weighted by atomic mass is 9.91. The van der Waals surface area contributed by atoms with E-state index in [1.165, 1.54) is 54.1 Å². The Hall–Kier alpha value is -7.43. The molecule has 0 amide bonds. The third-order valence-corrected chi connectivity index (χ3v) is 10.8. The standard InChI is InChI=1S/C51H32N4/c1-3-13-33(14-4-1)46-32-47(54-51(53-46)35-24-22-34(23-25-35)45-20-11-12-30-52-45)36-26-27-39-42-28-29-43-40-18-9-10-21-48(40)55(37-15-5-2-6-16-37)50(43)49(42)41-19-8-7-17-38(41)44(39)31-36/h1-32H. The highest BCUT2D eigenvalue weighted by Crippen LogP contribution is 2.44. The Kier molecular flexibility index (Phi) is 7.14. The lowest BCUT2D eigenvalue weighted by Gasteiger charge is -2.15. The van der Waals surface area contributed by atoms with E-state index in [-0.39, 0.29) is 0 Å². The smallest absolute Gasteiger partial charge is 0.160 e. The van der Waals surface area contributed by atoms with Crippen molar-refractivity contribution in [3.05, 3.63) is 194 Å². The minimum absolute atomic E-state index is 0.684. The molecule has 0 radical (unpaired) electrons. The van der Waals surface area contributed by atoms with Crippen LogP contribution in [0, 0.1) is 0 Å². The molecule has 0 saturated heterocycles. The zero-order valence-corrected chi connectivity index (χ0v) is 29.8. The van der Waals surface area contributed by atoms with Gasteiger partial charge in [-0.2, -0.15) is 0 Å². The molecule has 4 heteroatoms. The van der Waals surface area contributed by atoms with Gasteiger partial charge in [0.1, 0.15) is 0 Å². The molecule has 0 bridgehead atoms. The molecule has 0 aliphatic rings. The Morgan fingerprint density at radius 1 is 0.345 bits per heavy atom. The lowest BCUT2D eigenvalue weighted by Crippen LogP contribution is -1.96. The van der Waals surface area contributed by atoms with E-state index >= 15 is 0 Å². The van der Waals surface area contributed by atoms with Crippen molar-refractivity contribution in [1.82, 2.24) is 19.5 Å². The molecule has 8 aromatic carbocycles. The predicted octanol–water partition coefficient (Wildman–Crippen LogP) is 13.1. The number of nitrogens with zero attached hydrogens (tertiary/aromatic N) is 4. The van der Waals surface area contributed by atoms with Crippen molar-refractivity contribution in [2.75, 3.05) is 0 Å². The lowest BCUT2D eigenvalue weighted by molar-refractivity contribution is 1.18. The van der Waals surface area contributed by atoms with Crippen molar-refractivity contribution >= 4 is 54.1 Å². The fourth-order valence-electron chi connectivity index (χ4n) is 8.30. The first-order valence-corrected chi connectivity index (χ1v) is 18.6. The fraction of sp³-hybridized carbons (Fsp3) is 0. The summed E-state index contributed by atoms with van der Waals surface area (Å²) in [5, 5.41) is 9.86. The first-order chi connectivity index (χ1) is 27.3. The van der Waals surface area contributed by atoms with E-state index in [1.54, 1.807) is 0 Å². The molecule has 0 aliphatic carbocycles. The summed E-state index contributed by atoms with van der Waals surface area (Å²) in [4.78, 5) is 14.9. The van der Waals surface area contributed by atoms with Gasteiger partial charge < -0.3 is 4.57 Å². The van der Waals surface area contributed by atoms with Crippen molar-refractivity contribution in [3.8, 4) is 50.8 Å². The van der Waals surface area contributed by atoms with Crippen LogP contribution in [-0.4, -0.2) is 19.5 Å². The summed E-state index contributed by atoms with van der Waals surface area (Å²) < 4.78 is 2.44. The highest BCUT2D eigenvalue weighted by atomic mass is 15.0. The molecule has 0 spiro atoms. The van der Waals surface area contributed by atoms with Crippen molar-refractivity contribution < 1.29 is 0 Å². The van der Waals surface area contributed by atoms with Gasteiger partial charge in [-0.25, -0.2) is 9.97 Å². The third-order valence-electron chi connectivity index (χ3n) is 10.8. The van der Waals surface area contributed by atoms with E-state index in [1.807, 2.05) is 30.5 Å². The van der Waals surface area contributed by atoms with Crippen LogP contribution in [0.5, 0.6) is 0 Å². The first kappa shape index (κ1) is 31.1. The number of hydrogen-bond acceptors (Lipinski definition) is 3. The average molecular weight is 701 g/mol. The zero-order chi connectivity index (χ0) is 36.3. The number of hydrogen-bond donors (Lipinski definition) is 0. The second-order valence-electron chi connectivity index (χ2n) is 14.0. The number of rotatable bonds is 5. The molecule has 0 unspecified atom stereocenters. The Morgan fingerprint density at radius 3 is 1.69 bits per heavy atom. The minimum atomic E-state index is 0.684. The Morgan fingerprint density at radius 2 is 0.909 bits per heavy atom. The monoisotopic (exact) mass is 700 g/mol. The molecular weight excluding hydrogens is 669 g/mol. The summed E-state index contributed by atoms with van der Waals surface area (Å²) in [5.74, 6) is 0.684. The van der Waals surface area contributed by atoms with Gasteiger partial charge in [-0.3, -0.25) is 4.98 Å². The van der Waals surface area contributed by atoms with Crippen LogP contribution in [0.2, 0.25) is 0 Å². The molecule has 0 atom stereocenters. The van der Waals surface area contributed by atoms with Gasteiger partial charge in [0.05, 0.1) is 28.1 Å². The largest absolute Gasteiger partial charge is 0.309 e. The number of para-hydroxylation sites is 2. The molecule has 0 saturated carbocycles. The van der Waals surface area contributed by atoms with Crippen molar-refractivity contribution in [2.24, 2.45) is 0 Å². The van der Waals surface area contributed by atoms with E-state index < -0.39 is 0 Å². The molecular formula is C51H32N4. The maximum Gasteiger partial charge on any atom is 0.160 e. The first-order valence-electron chi connectivity index (χ1n) is 18.6. The highest BCUT2D eigenvalue weighted by Gasteiger charge is 2.19. The molecule has 3 aromatic heterocycles. The summed E-state index contributed by atoms with van der Waals surface area (Å²) in [6.45, 7) is 0. The SMILES string of the molecule is c1ccc(-c2cc(-c3ccc4c(c3)c3ccccc3c3c4ccc4c5ccccc5n(-c5ccccc5)c43)nc(-c3ccc(-c4ccccn4)cc3)n2)cc1. The van der Waals surface area contributed by atoms with Gasteiger partial charge in [0.15, 0.2) is 5.82 Å². The molecule has 55 heavy (non-hydrogen) atoms. The average Bonchev–Trinajstić information content (AvgIpc) is 3.61. The Labute approximate surface area is 317 Å². The molecule has 4 nitrogen and oxygen atoms in total. The maximum atomic E-state index is 5.23. The van der Waals surface area contributed by atoms with E-state index in [2.05, 4.69) is 173 Å². The van der Waals surface area contributed by atoms with Crippen molar-refractivity contribution in [1.29, 1.82) is 0 Å². The summed E-state index contributed by atoms with van der Waals surface area (Å²) in [6, 6.07) is 66.6. The van der Waals surface area contributed by atoms with E-state index in [0.717, 1.165) is 45.0 Å². The summed E-state index contributed by atoms with van der Waals surface area (Å²) in [6.07, 6.45) is 1.82. The van der Waals surface area contributed by atoms with Crippen LogP contribution in [0.25, 0.3) is 105 Å². The summed E-state index contributed by atoms with van der Waals surface area (Å²) in [5.41, 5.74) is 10.4. The van der Waals surface area contributed by atoms with Crippen LogP contribution >= 0.6 is 0 Å². The Bertz CT molecular complexity index is 3200. The molecule has 256 valence electrons. The van der Waals surface area contributed by atoms with Gasteiger partial charge in [-0.1, -0.05) is 146 Å². The van der Waals surface area contributed by atoms with Crippen LogP contribution in [0.1, 0.15) is 0 Å². The number of fused-ring (bicyclic) bond motifs is 10. The molecule has 3 heterocycles. The predicted molar refractivity (Wildman–Crippen MR) is 228 cm³/mol. The van der Waals surface area contributed by atoms with Gasteiger partial charge in [-0.05, 0) is 69.4 Å². The van der Waals surface area contributed by atoms with Gasteiger partial charge in [0.2, 0.25) is 0 Å². The second kappa shape index (κ2) is 12.6. The summed E-state index contributed by atoms with van der Waals surface area (Å²) >= 11 is 0. The topological polar surface area (TPSA) is 43.6 Å². The third kappa shape index (κ3) is 5.11. The van der Waals surface area contributed by atoms with Crippen LogP contribution in [0.15, 0.2) is 194 Å². The highest BCUT2D eigenvalue weighted by molar-refractivity contribution is 6.33. The van der Waals surface area contributed by atoms with E-state index in [4.69, 9.17) is 9.97 Å². The van der Waals surface area contributed by atoms with Crippen LogP contribution in [-0.2, 0) is 0 Å². The van der Waals surface area contributed by atoms with E-state index in [9.17, 15) is 0 Å². The molecule has 0 N–H and O–H groups in total. The second-order valence-corrected chi connectivity index (χ2v) is 14.0. The number of pyridine rings is 1. The van der Waals surface area contributed by atoms with Crippen LogP contribution in [0.4, 0.5) is 0 Å². The minimum Gasteiger partial charge on any atom is -0.309 e.